The van der Waals surface area contributed by atoms with E-state index in [1.54, 1.807) is 0 Å². The van der Waals surface area contributed by atoms with Gasteiger partial charge >= 0.3 is 0 Å². The van der Waals surface area contributed by atoms with Crippen LogP contribution in [0.3, 0.4) is 0 Å². The van der Waals surface area contributed by atoms with Crippen LogP contribution in [0.4, 0.5) is 0 Å². The Kier molecular flexibility index (Phi) is 8.46. The number of unbranched alkanes of at least 4 members (excludes halogenated alkanes) is 3. The Balaban J connectivity index is 3.12. The molecule has 0 aromatic rings. The van der Waals surface area contributed by atoms with Crippen molar-refractivity contribution in [1.29, 1.82) is 0 Å². The maximum absolute atomic E-state index is 8.59. The van der Waals surface area contributed by atoms with E-state index in [-0.39, 0.29) is 0 Å². The van der Waals surface area contributed by atoms with E-state index in [9.17, 15) is 0 Å². The van der Waals surface area contributed by atoms with Gasteiger partial charge in [-0.05, 0) is 32.9 Å². The average Bonchev–Trinajstić information content (AvgIpc) is 2.02. The van der Waals surface area contributed by atoms with Gasteiger partial charge in [0.25, 0.3) is 0 Å². The molecular formula is C11H25NO. The second kappa shape index (κ2) is 8.52. The largest absolute Gasteiger partial charge is 0.396 e. The van der Waals surface area contributed by atoms with Gasteiger partial charge in [-0.2, -0.15) is 0 Å². The zero-order chi connectivity index (χ0) is 10.1. The number of aliphatic hydroxyl groups excluding tert-OH is 1. The fourth-order valence-electron chi connectivity index (χ4n) is 1.67. The summed E-state index contributed by atoms with van der Waals surface area (Å²) in [5, 5.41) is 8.59. The molecule has 0 rings (SSSR count). The van der Waals surface area contributed by atoms with Crippen molar-refractivity contribution in [3.05, 3.63) is 0 Å². The first-order chi connectivity index (χ1) is 6.16. The third kappa shape index (κ3) is 9.84. The van der Waals surface area contributed by atoms with Crippen molar-refractivity contribution < 1.29 is 5.11 Å². The summed E-state index contributed by atoms with van der Waals surface area (Å²) in [7, 11) is 4.25. The van der Waals surface area contributed by atoms with E-state index in [4.69, 9.17) is 5.11 Å². The van der Waals surface area contributed by atoms with Crippen LogP contribution in [-0.2, 0) is 0 Å². The van der Waals surface area contributed by atoms with Gasteiger partial charge in [0, 0.05) is 13.2 Å². The van der Waals surface area contributed by atoms with Crippen LogP contribution >= 0.6 is 0 Å². The molecule has 80 valence electrons. The lowest BCUT2D eigenvalue weighted by Gasteiger charge is -2.16. The summed E-state index contributed by atoms with van der Waals surface area (Å²) in [5.41, 5.74) is 0. The van der Waals surface area contributed by atoms with Crippen LogP contribution in [0.25, 0.3) is 0 Å². The van der Waals surface area contributed by atoms with Crippen LogP contribution in [0.5, 0.6) is 0 Å². The van der Waals surface area contributed by atoms with Crippen molar-refractivity contribution in [1.82, 2.24) is 4.90 Å². The molecule has 0 saturated heterocycles. The zero-order valence-corrected chi connectivity index (χ0v) is 9.42. The zero-order valence-electron chi connectivity index (χ0n) is 9.42. The van der Waals surface area contributed by atoms with Crippen LogP contribution < -0.4 is 0 Å². The van der Waals surface area contributed by atoms with E-state index in [2.05, 4.69) is 25.9 Å². The highest BCUT2D eigenvalue weighted by molar-refractivity contribution is 4.56. The summed E-state index contributed by atoms with van der Waals surface area (Å²) < 4.78 is 0. The Labute approximate surface area is 82.9 Å². The number of hydrogen-bond donors (Lipinski definition) is 1. The molecule has 1 unspecified atom stereocenters. The minimum absolute atomic E-state index is 0.354. The van der Waals surface area contributed by atoms with E-state index in [1.807, 2.05) is 0 Å². The van der Waals surface area contributed by atoms with Crippen molar-refractivity contribution in [3.63, 3.8) is 0 Å². The lowest BCUT2D eigenvalue weighted by molar-refractivity contribution is 0.280. The number of nitrogens with zero attached hydrogens (tertiary/aromatic N) is 1. The van der Waals surface area contributed by atoms with Crippen molar-refractivity contribution >= 4 is 0 Å². The molecular weight excluding hydrogens is 162 g/mol. The second-order valence-electron chi connectivity index (χ2n) is 4.29. The Morgan fingerprint density at radius 1 is 1.08 bits per heavy atom. The molecule has 0 fully saturated rings. The van der Waals surface area contributed by atoms with Gasteiger partial charge < -0.3 is 10.0 Å². The third-order valence-electron chi connectivity index (χ3n) is 2.28. The van der Waals surface area contributed by atoms with Gasteiger partial charge in [0.1, 0.15) is 0 Å². The molecule has 1 N–H and O–H groups in total. The molecule has 0 aromatic heterocycles. The lowest BCUT2D eigenvalue weighted by atomic mass is 10.0. The predicted octanol–water partition coefficient (Wildman–Crippen LogP) is 2.13. The van der Waals surface area contributed by atoms with E-state index in [1.165, 1.54) is 32.2 Å². The van der Waals surface area contributed by atoms with Crippen molar-refractivity contribution in [2.24, 2.45) is 5.92 Å². The first kappa shape index (κ1) is 12.9. The Morgan fingerprint density at radius 3 is 2.23 bits per heavy atom. The van der Waals surface area contributed by atoms with E-state index < -0.39 is 0 Å². The first-order valence-electron chi connectivity index (χ1n) is 5.42. The van der Waals surface area contributed by atoms with Crippen molar-refractivity contribution in [2.45, 2.75) is 39.0 Å². The van der Waals surface area contributed by atoms with Crippen LogP contribution in [0.15, 0.2) is 0 Å². The molecule has 1 atom stereocenters. The van der Waals surface area contributed by atoms with Gasteiger partial charge in [-0.15, -0.1) is 0 Å². The number of aliphatic hydroxyl groups is 1. The number of hydrogen-bond acceptors (Lipinski definition) is 2. The van der Waals surface area contributed by atoms with Gasteiger partial charge in [0.05, 0.1) is 0 Å². The molecule has 0 spiro atoms. The van der Waals surface area contributed by atoms with Crippen LogP contribution in [-0.4, -0.2) is 37.3 Å². The minimum Gasteiger partial charge on any atom is -0.396 e. The lowest BCUT2D eigenvalue weighted by Crippen LogP contribution is -2.19. The van der Waals surface area contributed by atoms with Gasteiger partial charge in [-0.3, -0.25) is 0 Å². The SMILES string of the molecule is CC(CCCCCCO)CN(C)C. The average molecular weight is 187 g/mol. The summed E-state index contributed by atoms with van der Waals surface area (Å²) in [6, 6.07) is 0. The van der Waals surface area contributed by atoms with Crippen molar-refractivity contribution in [2.75, 3.05) is 27.2 Å². The van der Waals surface area contributed by atoms with Gasteiger partial charge in [0.2, 0.25) is 0 Å². The molecule has 0 radical (unpaired) electrons. The Morgan fingerprint density at radius 2 is 1.69 bits per heavy atom. The standard InChI is InChI=1S/C11H25NO/c1-11(10-12(2)3)8-6-4-5-7-9-13/h11,13H,4-10H2,1-3H3. The van der Waals surface area contributed by atoms with Gasteiger partial charge in [-0.1, -0.05) is 26.2 Å². The summed E-state index contributed by atoms with van der Waals surface area (Å²) in [6.07, 6.45) is 6.07. The smallest absolute Gasteiger partial charge is 0.0431 e. The third-order valence-corrected chi connectivity index (χ3v) is 2.28. The molecule has 13 heavy (non-hydrogen) atoms. The molecule has 0 aliphatic rings. The Bertz CT molecular complexity index is 104. The van der Waals surface area contributed by atoms with Crippen molar-refractivity contribution in [3.8, 4) is 0 Å². The van der Waals surface area contributed by atoms with Gasteiger partial charge in [-0.25, -0.2) is 0 Å². The Hall–Kier alpha value is -0.0800. The molecule has 0 heterocycles. The van der Waals surface area contributed by atoms with E-state index in [0.29, 0.717) is 6.61 Å². The molecule has 0 aliphatic heterocycles. The molecule has 0 bridgehead atoms. The molecule has 0 aliphatic carbocycles. The summed E-state index contributed by atoms with van der Waals surface area (Å²) in [6.45, 7) is 3.86. The number of rotatable bonds is 8. The van der Waals surface area contributed by atoms with Crippen LogP contribution in [0.2, 0.25) is 0 Å². The quantitative estimate of drug-likeness (QED) is 0.588. The highest BCUT2D eigenvalue weighted by Crippen LogP contribution is 2.10. The normalized spacial score (nSPS) is 13.6. The van der Waals surface area contributed by atoms with E-state index >= 15 is 0 Å². The predicted molar refractivity (Wildman–Crippen MR) is 57.9 cm³/mol. The van der Waals surface area contributed by atoms with Gasteiger partial charge in [0.15, 0.2) is 0 Å². The summed E-state index contributed by atoms with van der Waals surface area (Å²) in [4.78, 5) is 2.25. The molecule has 0 saturated carbocycles. The van der Waals surface area contributed by atoms with Crippen LogP contribution in [0.1, 0.15) is 39.0 Å². The molecule has 0 aromatic carbocycles. The molecule has 2 nitrogen and oxygen atoms in total. The maximum atomic E-state index is 8.59. The topological polar surface area (TPSA) is 23.5 Å². The summed E-state index contributed by atoms with van der Waals surface area (Å²) in [5.74, 6) is 0.809. The molecule has 0 amide bonds. The maximum Gasteiger partial charge on any atom is 0.0431 e. The second-order valence-corrected chi connectivity index (χ2v) is 4.29. The highest BCUT2D eigenvalue weighted by atomic mass is 16.2. The minimum atomic E-state index is 0.354. The summed E-state index contributed by atoms with van der Waals surface area (Å²) >= 11 is 0. The molecule has 2 heteroatoms. The fraction of sp³-hybridized carbons (Fsp3) is 1.00. The van der Waals surface area contributed by atoms with Crippen LogP contribution in [0, 0.1) is 5.92 Å². The fourth-order valence-corrected chi connectivity index (χ4v) is 1.67. The monoisotopic (exact) mass is 187 g/mol. The highest BCUT2D eigenvalue weighted by Gasteiger charge is 2.02. The van der Waals surface area contributed by atoms with E-state index in [0.717, 1.165) is 12.3 Å². The first-order valence-corrected chi connectivity index (χ1v) is 5.42.